The maximum absolute atomic E-state index is 13.3. The summed E-state index contributed by atoms with van der Waals surface area (Å²) in [5, 5.41) is -9.98. The van der Waals surface area contributed by atoms with E-state index in [0.717, 1.165) is 5.19 Å². The molecule has 0 heterocycles. The largest absolute Gasteiger partial charge is 0.446 e. The summed E-state index contributed by atoms with van der Waals surface area (Å²) in [4.78, 5) is -0.273. The van der Waals surface area contributed by atoms with E-state index >= 15 is 0 Å². The average molecular weight is 364 g/mol. The quantitative estimate of drug-likeness (QED) is 0.345. The van der Waals surface area contributed by atoms with Crippen LogP contribution in [0.5, 0.6) is 0 Å². The number of halogens is 5. The summed E-state index contributed by atoms with van der Waals surface area (Å²) in [5.74, 6) is 0. The Morgan fingerprint density at radius 1 is 1.00 bits per heavy atom. The maximum Gasteiger partial charge on any atom is 0.446 e. The second-order valence-corrected chi connectivity index (χ2v) is 13.0. The zero-order chi connectivity index (χ0) is 16.7. The molecule has 10 heteroatoms. The number of thioether (sulfide) groups is 1. The lowest BCUT2D eigenvalue weighted by Gasteiger charge is -2.22. The van der Waals surface area contributed by atoms with E-state index in [2.05, 4.69) is 0 Å². The Labute approximate surface area is 125 Å². The lowest BCUT2D eigenvalue weighted by atomic mass is 10.4. The van der Waals surface area contributed by atoms with Gasteiger partial charge in [-0.25, -0.2) is 0 Å². The van der Waals surface area contributed by atoms with Gasteiger partial charge in [0, 0.05) is 4.90 Å². The molecule has 0 bridgehead atoms. The Hall–Kier alpha value is -0.613. The number of hydrogen-bond donors (Lipinski definition) is 0. The van der Waals surface area contributed by atoms with Crippen LogP contribution in [-0.2, 0) is 10.2 Å². The minimum Gasteiger partial charge on any atom is -0.188 e. The Morgan fingerprint density at radius 3 is 1.76 bits per heavy atom. The minimum absolute atomic E-state index is 0.273. The monoisotopic (exact) mass is 364 g/mol. The Bertz CT molecular complexity index is 608. The van der Waals surface area contributed by atoms with Crippen LogP contribution in [0.3, 0.4) is 0 Å². The van der Waals surface area contributed by atoms with Gasteiger partial charge in [-0.2, -0.15) is 26.0 Å². The van der Waals surface area contributed by atoms with Crippen LogP contribution in [0, 0.1) is 0 Å². The molecule has 0 amide bonds. The van der Waals surface area contributed by atoms with Crippen molar-refractivity contribution < 1.29 is 29.9 Å². The molecule has 0 saturated carbocycles. The first-order valence-corrected chi connectivity index (χ1v) is 11.4. The van der Waals surface area contributed by atoms with Crippen LogP contribution in [0.2, 0.25) is 19.6 Å². The molecular formula is C11H13F5O2S2Si. The Balaban J connectivity index is 3.06. The molecule has 1 aromatic rings. The maximum atomic E-state index is 13.3. The third-order valence-electron chi connectivity index (χ3n) is 2.61. The minimum atomic E-state index is -6.71. The lowest BCUT2D eigenvalue weighted by molar-refractivity contribution is -0.0927. The van der Waals surface area contributed by atoms with Gasteiger partial charge in [-0.05, 0) is 23.9 Å². The third-order valence-corrected chi connectivity index (χ3v) is 6.70. The molecule has 0 unspecified atom stereocenters. The van der Waals surface area contributed by atoms with Gasteiger partial charge in [-0.1, -0.05) is 40.8 Å². The lowest BCUT2D eigenvalue weighted by Crippen LogP contribution is -2.42. The summed E-state index contributed by atoms with van der Waals surface area (Å²) < 4.78 is 85.2. The normalized spacial score (nSPS) is 14.3. The van der Waals surface area contributed by atoms with Crippen molar-refractivity contribution >= 4 is 35.2 Å². The second kappa shape index (κ2) is 5.54. The molecule has 0 saturated heterocycles. The summed E-state index contributed by atoms with van der Waals surface area (Å²) in [6.45, 7) is 6.02. The predicted molar refractivity (Wildman–Crippen MR) is 75.2 cm³/mol. The fourth-order valence-electron chi connectivity index (χ4n) is 1.37. The highest BCUT2D eigenvalue weighted by Gasteiger charge is 2.67. The van der Waals surface area contributed by atoms with E-state index < -0.39 is 40.6 Å². The van der Waals surface area contributed by atoms with Gasteiger partial charge < -0.3 is 0 Å². The number of hydrogen-bond acceptors (Lipinski definition) is 3. The molecule has 120 valence electrons. The first-order chi connectivity index (χ1) is 9.18. The van der Waals surface area contributed by atoms with Crippen molar-refractivity contribution in [1.29, 1.82) is 0 Å². The Morgan fingerprint density at radius 2 is 1.43 bits per heavy atom. The molecule has 2 nitrogen and oxygen atoms in total. The Kier molecular flexibility index (Phi) is 4.87. The van der Waals surface area contributed by atoms with Gasteiger partial charge >= 0.3 is 20.7 Å². The molecule has 21 heavy (non-hydrogen) atoms. The van der Waals surface area contributed by atoms with Crippen LogP contribution in [0.1, 0.15) is 0 Å². The molecule has 0 aliphatic rings. The van der Waals surface area contributed by atoms with Crippen molar-refractivity contribution in [2.24, 2.45) is 0 Å². The molecule has 0 fully saturated rings. The van der Waals surface area contributed by atoms with E-state index in [0.29, 0.717) is 0 Å². The van der Waals surface area contributed by atoms with E-state index in [1.807, 2.05) is 19.6 Å². The van der Waals surface area contributed by atoms with Crippen molar-refractivity contribution in [2.45, 2.75) is 35.0 Å². The summed E-state index contributed by atoms with van der Waals surface area (Å²) >= 11 is -0.688. The third kappa shape index (κ3) is 3.98. The van der Waals surface area contributed by atoms with E-state index in [1.54, 1.807) is 0 Å². The average Bonchev–Trinajstić information content (AvgIpc) is 2.26. The molecule has 0 radical (unpaired) electrons. The smallest absolute Gasteiger partial charge is 0.188 e. The van der Waals surface area contributed by atoms with Crippen molar-refractivity contribution in [3.63, 3.8) is 0 Å². The standard InChI is InChI=1S/C11H13F5O2S2Si/c1-21(2,3)9-6-4-8(5-7-9)19-10(12,13)11(14,15)20(16,17)18/h4-7H,1-3H3. The van der Waals surface area contributed by atoms with Crippen molar-refractivity contribution in [1.82, 2.24) is 0 Å². The first-order valence-electron chi connectivity index (χ1n) is 5.68. The van der Waals surface area contributed by atoms with Crippen LogP contribution < -0.4 is 5.19 Å². The van der Waals surface area contributed by atoms with Crippen LogP contribution in [0.4, 0.5) is 21.4 Å². The summed E-state index contributed by atoms with van der Waals surface area (Å²) in [6, 6.07) is 5.42. The highest BCUT2D eigenvalue weighted by Crippen LogP contribution is 2.49. The van der Waals surface area contributed by atoms with E-state index in [4.69, 9.17) is 0 Å². The number of alkyl halides is 4. The summed E-state index contributed by atoms with van der Waals surface area (Å²) in [5.41, 5.74) is 0. The zero-order valence-corrected chi connectivity index (χ0v) is 14.0. The topological polar surface area (TPSA) is 34.1 Å². The van der Waals surface area contributed by atoms with Crippen molar-refractivity contribution in [2.75, 3.05) is 0 Å². The predicted octanol–water partition coefficient (Wildman–Crippen LogP) is 3.81. The molecule has 0 aliphatic heterocycles. The highest BCUT2D eigenvalue weighted by atomic mass is 32.3. The van der Waals surface area contributed by atoms with Gasteiger partial charge in [-0.15, -0.1) is 0 Å². The van der Waals surface area contributed by atoms with E-state index in [9.17, 15) is 29.9 Å². The summed E-state index contributed by atoms with van der Waals surface area (Å²) in [6.07, 6.45) is 0. The molecule has 0 aliphatic carbocycles. The van der Waals surface area contributed by atoms with Crippen LogP contribution in [0.15, 0.2) is 29.2 Å². The number of benzene rings is 1. The van der Waals surface area contributed by atoms with Gasteiger partial charge in [0.1, 0.15) is 0 Å². The zero-order valence-electron chi connectivity index (χ0n) is 11.3. The molecule has 0 atom stereocenters. The molecule has 0 aromatic heterocycles. The molecular weight excluding hydrogens is 351 g/mol. The van der Waals surface area contributed by atoms with Gasteiger partial charge in [0.15, 0.2) is 0 Å². The van der Waals surface area contributed by atoms with Crippen LogP contribution in [-0.4, -0.2) is 27.0 Å². The fourth-order valence-corrected chi connectivity index (χ4v) is 3.93. The van der Waals surface area contributed by atoms with Crippen molar-refractivity contribution in [3.8, 4) is 0 Å². The summed E-state index contributed by atoms with van der Waals surface area (Å²) in [7, 11) is -8.39. The molecule has 1 rings (SSSR count). The van der Waals surface area contributed by atoms with Gasteiger partial charge in [-0.3, -0.25) is 0 Å². The SMILES string of the molecule is C[Si](C)(C)c1ccc(SC(F)(F)C(F)(F)S(=O)(=O)F)cc1. The highest BCUT2D eigenvalue weighted by molar-refractivity contribution is 8.01. The van der Waals surface area contributed by atoms with Gasteiger partial charge in [0.05, 0.1) is 8.07 Å². The molecule has 0 spiro atoms. The second-order valence-electron chi connectivity index (χ2n) is 5.35. The van der Waals surface area contributed by atoms with Crippen LogP contribution in [0.25, 0.3) is 0 Å². The van der Waals surface area contributed by atoms with Crippen molar-refractivity contribution in [3.05, 3.63) is 24.3 Å². The molecule has 1 aromatic carbocycles. The van der Waals surface area contributed by atoms with Crippen LogP contribution >= 0.6 is 11.8 Å². The van der Waals surface area contributed by atoms with E-state index in [1.165, 1.54) is 24.3 Å². The number of rotatable bonds is 5. The van der Waals surface area contributed by atoms with Gasteiger partial charge in [0.25, 0.3) is 0 Å². The van der Waals surface area contributed by atoms with Gasteiger partial charge in [0.2, 0.25) is 0 Å². The molecule has 0 N–H and O–H groups in total. The van der Waals surface area contributed by atoms with E-state index in [-0.39, 0.29) is 4.90 Å². The first kappa shape index (κ1) is 18.4. The fraction of sp³-hybridized carbons (Fsp3) is 0.455.